The van der Waals surface area contributed by atoms with E-state index in [-0.39, 0.29) is 6.04 Å². The van der Waals surface area contributed by atoms with E-state index >= 15 is 0 Å². The van der Waals surface area contributed by atoms with Gasteiger partial charge in [-0.15, -0.1) is 22.7 Å². The largest absolute Gasteiger partial charge is 0.353 e. The molecule has 0 aliphatic heterocycles. The normalized spacial score (nSPS) is 12.7. The molecule has 2 aromatic rings. The first-order valence-electron chi connectivity index (χ1n) is 4.77. The smallest absolute Gasteiger partial charge is 0.183 e. The highest BCUT2D eigenvalue weighted by Crippen LogP contribution is 2.26. The predicted molar refractivity (Wildman–Crippen MR) is 65.7 cm³/mol. The summed E-state index contributed by atoms with van der Waals surface area (Å²) in [6.07, 6.45) is 1.83. The average Bonchev–Trinajstić information content (AvgIpc) is 2.77. The topological polar surface area (TPSA) is 37.8 Å². The van der Waals surface area contributed by atoms with Crippen LogP contribution in [0, 0.1) is 13.8 Å². The van der Waals surface area contributed by atoms with E-state index in [1.807, 2.05) is 18.5 Å². The Morgan fingerprint density at radius 3 is 2.73 bits per heavy atom. The van der Waals surface area contributed by atoms with Crippen LogP contribution in [0.15, 0.2) is 11.6 Å². The van der Waals surface area contributed by atoms with Crippen molar-refractivity contribution < 1.29 is 0 Å². The molecule has 0 aliphatic carbocycles. The number of nitrogens with zero attached hydrogens (tertiary/aromatic N) is 2. The molecule has 5 heteroatoms. The molecule has 0 bridgehead atoms. The maximum Gasteiger partial charge on any atom is 0.183 e. The lowest BCUT2D eigenvalue weighted by Crippen LogP contribution is -2.05. The summed E-state index contributed by atoms with van der Waals surface area (Å²) in [5.41, 5.74) is 1.11. The van der Waals surface area contributed by atoms with Crippen molar-refractivity contribution in [3.63, 3.8) is 0 Å². The second-order valence-corrected chi connectivity index (χ2v) is 5.53. The van der Waals surface area contributed by atoms with Crippen LogP contribution in [0.5, 0.6) is 0 Å². The number of hydrogen-bond donors (Lipinski definition) is 1. The first-order valence-corrected chi connectivity index (χ1v) is 6.46. The summed E-state index contributed by atoms with van der Waals surface area (Å²) in [4.78, 5) is 9.99. The molecule has 15 heavy (non-hydrogen) atoms. The molecular weight excluding hydrogens is 226 g/mol. The highest BCUT2D eigenvalue weighted by molar-refractivity contribution is 7.15. The van der Waals surface area contributed by atoms with Crippen LogP contribution in [-0.2, 0) is 0 Å². The van der Waals surface area contributed by atoms with Crippen LogP contribution < -0.4 is 5.32 Å². The van der Waals surface area contributed by atoms with E-state index < -0.39 is 0 Å². The zero-order valence-corrected chi connectivity index (χ0v) is 10.6. The summed E-state index contributed by atoms with van der Waals surface area (Å²) in [7, 11) is 0. The van der Waals surface area contributed by atoms with Gasteiger partial charge in [-0.3, -0.25) is 0 Å². The van der Waals surface area contributed by atoms with Gasteiger partial charge in [0.15, 0.2) is 5.13 Å². The Bertz CT molecular complexity index is 414. The summed E-state index contributed by atoms with van der Waals surface area (Å²) in [5, 5.41) is 7.43. The number of nitrogens with one attached hydrogen (secondary N) is 1. The van der Waals surface area contributed by atoms with Gasteiger partial charge >= 0.3 is 0 Å². The van der Waals surface area contributed by atoms with E-state index in [1.54, 1.807) is 22.7 Å². The summed E-state index contributed by atoms with van der Waals surface area (Å²) in [6.45, 7) is 6.22. The van der Waals surface area contributed by atoms with Gasteiger partial charge in [0.2, 0.25) is 0 Å². The number of hydrogen-bond acceptors (Lipinski definition) is 5. The third-order valence-electron chi connectivity index (χ3n) is 2.19. The number of thiazole rings is 2. The number of aromatic nitrogens is 2. The van der Waals surface area contributed by atoms with Gasteiger partial charge in [0.05, 0.1) is 11.7 Å². The van der Waals surface area contributed by atoms with Crippen molar-refractivity contribution in [1.29, 1.82) is 0 Å². The number of rotatable bonds is 3. The fourth-order valence-corrected chi connectivity index (χ4v) is 2.78. The quantitative estimate of drug-likeness (QED) is 0.892. The molecule has 0 saturated carbocycles. The lowest BCUT2D eigenvalue weighted by molar-refractivity contribution is 0.866. The van der Waals surface area contributed by atoms with Crippen molar-refractivity contribution in [2.24, 2.45) is 0 Å². The van der Waals surface area contributed by atoms with Gasteiger partial charge in [0, 0.05) is 16.5 Å². The average molecular weight is 239 g/mol. The molecule has 0 fully saturated rings. The van der Waals surface area contributed by atoms with Crippen molar-refractivity contribution in [2.45, 2.75) is 26.8 Å². The lowest BCUT2D eigenvalue weighted by atomic mass is 10.4. The Hall–Kier alpha value is -0.940. The van der Waals surface area contributed by atoms with Gasteiger partial charge in [-0.2, -0.15) is 0 Å². The lowest BCUT2D eigenvalue weighted by Gasteiger charge is -2.08. The van der Waals surface area contributed by atoms with Gasteiger partial charge < -0.3 is 5.32 Å². The van der Waals surface area contributed by atoms with Crippen molar-refractivity contribution >= 4 is 27.8 Å². The van der Waals surface area contributed by atoms with Crippen LogP contribution in [0.25, 0.3) is 0 Å². The molecule has 1 N–H and O–H groups in total. The Kier molecular flexibility index (Phi) is 3.02. The summed E-state index contributed by atoms with van der Waals surface area (Å²) < 4.78 is 0. The van der Waals surface area contributed by atoms with E-state index in [0.717, 1.165) is 15.8 Å². The predicted octanol–water partition coefficient (Wildman–Crippen LogP) is 3.39. The van der Waals surface area contributed by atoms with Crippen LogP contribution >= 0.6 is 22.7 Å². The SMILES string of the molecule is Cc1nc(NC(C)c2nccs2)sc1C. The summed E-state index contributed by atoms with van der Waals surface area (Å²) in [6, 6.07) is 0.231. The van der Waals surface area contributed by atoms with Crippen LogP contribution in [0.2, 0.25) is 0 Å². The second kappa shape index (κ2) is 4.28. The van der Waals surface area contributed by atoms with E-state index in [0.29, 0.717) is 0 Å². The first kappa shape index (κ1) is 10.6. The molecule has 0 spiro atoms. The summed E-state index contributed by atoms with van der Waals surface area (Å²) >= 11 is 3.36. The minimum absolute atomic E-state index is 0.231. The molecule has 2 heterocycles. The van der Waals surface area contributed by atoms with E-state index in [1.165, 1.54) is 4.88 Å². The maximum atomic E-state index is 4.44. The molecule has 0 aliphatic rings. The molecule has 2 aromatic heterocycles. The van der Waals surface area contributed by atoms with E-state index in [2.05, 4.69) is 29.1 Å². The molecule has 80 valence electrons. The van der Waals surface area contributed by atoms with Crippen LogP contribution in [-0.4, -0.2) is 9.97 Å². The fourth-order valence-electron chi connectivity index (χ4n) is 1.23. The third kappa shape index (κ3) is 2.35. The zero-order chi connectivity index (χ0) is 10.8. The van der Waals surface area contributed by atoms with Crippen molar-refractivity contribution in [1.82, 2.24) is 9.97 Å². The van der Waals surface area contributed by atoms with Crippen molar-refractivity contribution in [3.05, 3.63) is 27.2 Å². The number of aryl methyl sites for hydroxylation is 2. The fraction of sp³-hybridized carbons (Fsp3) is 0.400. The standard InChI is InChI=1S/C10H13N3S2/c1-6-8(3)15-10(12-6)13-7(2)9-11-4-5-14-9/h4-5,7H,1-3H3,(H,12,13). The minimum Gasteiger partial charge on any atom is -0.353 e. The van der Waals surface area contributed by atoms with Crippen LogP contribution in [0.3, 0.4) is 0 Å². The Morgan fingerprint density at radius 1 is 1.40 bits per heavy atom. The van der Waals surface area contributed by atoms with Gasteiger partial charge in [0.1, 0.15) is 5.01 Å². The molecular formula is C10H13N3S2. The van der Waals surface area contributed by atoms with Crippen LogP contribution in [0.1, 0.15) is 28.5 Å². The molecule has 0 aromatic carbocycles. The van der Waals surface area contributed by atoms with Gasteiger partial charge in [0.25, 0.3) is 0 Å². The highest BCUT2D eigenvalue weighted by atomic mass is 32.1. The van der Waals surface area contributed by atoms with Gasteiger partial charge in [-0.25, -0.2) is 9.97 Å². The van der Waals surface area contributed by atoms with Crippen molar-refractivity contribution in [2.75, 3.05) is 5.32 Å². The van der Waals surface area contributed by atoms with E-state index in [9.17, 15) is 0 Å². The molecule has 0 radical (unpaired) electrons. The molecule has 1 unspecified atom stereocenters. The van der Waals surface area contributed by atoms with E-state index in [4.69, 9.17) is 0 Å². The highest BCUT2D eigenvalue weighted by Gasteiger charge is 2.10. The molecule has 0 saturated heterocycles. The minimum atomic E-state index is 0.231. The third-order valence-corrected chi connectivity index (χ3v) is 4.15. The number of anilines is 1. The molecule has 2 rings (SSSR count). The zero-order valence-electron chi connectivity index (χ0n) is 8.94. The van der Waals surface area contributed by atoms with Gasteiger partial charge in [-0.05, 0) is 20.8 Å². The Labute approximate surface area is 97.2 Å². The monoisotopic (exact) mass is 239 g/mol. The Balaban J connectivity index is 2.09. The molecule has 1 atom stereocenters. The second-order valence-electron chi connectivity index (χ2n) is 3.40. The first-order chi connectivity index (χ1) is 7.16. The molecule has 0 amide bonds. The Morgan fingerprint density at radius 2 is 2.20 bits per heavy atom. The summed E-state index contributed by atoms with van der Waals surface area (Å²) in [5.74, 6) is 0. The van der Waals surface area contributed by atoms with Crippen molar-refractivity contribution in [3.8, 4) is 0 Å². The van der Waals surface area contributed by atoms with Gasteiger partial charge in [-0.1, -0.05) is 0 Å². The maximum absolute atomic E-state index is 4.44. The molecule has 3 nitrogen and oxygen atoms in total. The van der Waals surface area contributed by atoms with Crippen LogP contribution in [0.4, 0.5) is 5.13 Å².